The monoisotopic (exact) mass is 359 g/mol. The summed E-state index contributed by atoms with van der Waals surface area (Å²) in [5.74, 6) is 4.58. The van der Waals surface area contributed by atoms with Gasteiger partial charge in [0.15, 0.2) is 0 Å². The number of methoxy groups -OCH3 is 1. The van der Waals surface area contributed by atoms with Crippen LogP contribution >= 0.6 is 0 Å². The van der Waals surface area contributed by atoms with Gasteiger partial charge in [-0.3, -0.25) is 0 Å². The summed E-state index contributed by atoms with van der Waals surface area (Å²) in [6, 6.07) is 14.8. The van der Waals surface area contributed by atoms with Gasteiger partial charge in [-0.05, 0) is 48.2 Å². The lowest BCUT2D eigenvalue weighted by Crippen LogP contribution is -2.22. The Morgan fingerprint density at radius 3 is 2.48 bits per heavy atom. The third-order valence-corrected chi connectivity index (χ3v) is 4.61. The van der Waals surface area contributed by atoms with Crippen molar-refractivity contribution in [3.05, 3.63) is 59.4 Å². The van der Waals surface area contributed by atoms with Gasteiger partial charge in [0.25, 0.3) is 0 Å². The molecule has 0 N–H and O–H groups in total. The van der Waals surface area contributed by atoms with Gasteiger partial charge in [-0.15, -0.1) is 6.42 Å². The predicted molar refractivity (Wildman–Crippen MR) is 111 cm³/mol. The smallest absolute Gasteiger partial charge is 0.224 e. The number of hydrogen-bond acceptors (Lipinski definition) is 4. The molecule has 0 aliphatic rings. The molecular formula is C23H25N3O. The van der Waals surface area contributed by atoms with Crippen molar-refractivity contribution >= 4 is 16.6 Å². The Bertz CT molecular complexity index is 971. The number of hydrogen-bond donors (Lipinski definition) is 0. The van der Waals surface area contributed by atoms with Crippen LogP contribution in [0.15, 0.2) is 42.5 Å². The zero-order valence-corrected chi connectivity index (χ0v) is 16.4. The van der Waals surface area contributed by atoms with Crippen LogP contribution in [-0.2, 0) is 6.54 Å². The highest BCUT2D eigenvalue weighted by molar-refractivity contribution is 5.84. The van der Waals surface area contributed by atoms with Gasteiger partial charge >= 0.3 is 0 Å². The number of aryl methyl sites for hydroxylation is 1. The molecule has 3 rings (SSSR count). The molecule has 0 spiro atoms. The lowest BCUT2D eigenvalue weighted by atomic mass is 10.0. The van der Waals surface area contributed by atoms with Crippen LogP contribution in [0.25, 0.3) is 10.9 Å². The SMILES string of the molecule is C#CCN(Cc1ccc2nc(C)nc(OC)c2c1)c1ccc(C(C)C)cc1. The van der Waals surface area contributed by atoms with E-state index in [0.717, 1.165) is 22.2 Å². The van der Waals surface area contributed by atoms with E-state index in [1.54, 1.807) is 7.11 Å². The highest BCUT2D eigenvalue weighted by Gasteiger charge is 2.11. The van der Waals surface area contributed by atoms with E-state index in [4.69, 9.17) is 11.2 Å². The van der Waals surface area contributed by atoms with E-state index in [2.05, 4.69) is 71.0 Å². The fraction of sp³-hybridized carbons (Fsp3) is 0.304. The van der Waals surface area contributed by atoms with Gasteiger partial charge in [0, 0.05) is 12.2 Å². The molecule has 4 nitrogen and oxygen atoms in total. The van der Waals surface area contributed by atoms with Crippen LogP contribution in [-0.4, -0.2) is 23.6 Å². The Kier molecular flexibility index (Phi) is 5.61. The molecule has 0 unspecified atom stereocenters. The fourth-order valence-electron chi connectivity index (χ4n) is 3.15. The first-order valence-electron chi connectivity index (χ1n) is 9.11. The molecule has 0 aliphatic carbocycles. The van der Waals surface area contributed by atoms with Gasteiger partial charge in [-0.2, -0.15) is 4.98 Å². The van der Waals surface area contributed by atoms with Crippen LogP contribution in [0, 0.1) is 19.3 Å². The minimum atomic E-state index is 0.511. The standard InChI is InChI=1S/C23H25N3O/c1-6-13-26(20-10-8-19(9-11-20)16(2)3)15-18-7-12-22-21(14-18)23(27-5)25-17(4)24-22/h1,7-12,14,16H,13,15H2,2-5H3. The highest BCUT2D eigenvalue weighted by atomic mass is 16.5. The third kappa shape index (κ3) is 4.20. The summed E-state index contributed by atoms with van der Waals surface area (Å²) >= 11 is 0. The van der Waals surface area contributed by atoms with Gasteiger partial charge in [0.2, 0.25) is 5.88 Å². The second-order valence-electron chi connectivity index (χ2n) is 6.94. The molecule has 2 aromatic carbocycles. The van der Waals surface area contributed by atoms with Crippen molar-refractivity contribution in [2.45, 2.75) is 33.2 Å². The van der Waals surface area contributed by atoms with Crippen LogP contribution in [0.5, 0.6) is 5.88 Å². The molecule has 0 bridgehead atoms. The Morgan fingerprint density at radius 2 is 1.85 bits per heavy atom. The predicted octanol–water partition coefficient (Wildman–Crippen LogP) is 4.71. The average Bonchev–Trinajstić information content (AvgIpc) is 2.67. The fourth-order valence-corrected chi connectivity index (χ4v) is 3.15. The molecule has 0 fully saturated rings. The van der Waals surface area contributed by atoms with Crippen molar-refractivity contribution < 1.29 is 4.74 Å². The van der Waals surface area contributed by atoms with E-state index in [1.165, 1.54) is 5.56 Å². The number of rotatable bonds is 6. The molecule has 4 heteroatoms. The summed E-state index contributed by atoms with van der Waals surface area (Å²) in [6.45, 7) is 7.51. The van der Waals surface area contributed by atoms with Gasteiger partial charge in [-0.1, -0.05) is 38.0 Å². The van der Waals surface area contributed by atoms with E-state index in [-0.39, 0.29) is 0 Å². The summed E-state index contributed by atoms with van der Waals surface area (Å²) in [6.07, 6.45) is 5.62. The Morgan fingerprint density at radius 1 is 1.11 bits per heavy atom. The second kappa shape index (κ2) is 8.09. The van der Waals surface area contributed by atoms with Crippen LogP contribution in [0.1, 0.15) is 36.7 Å². The molecular weight excluding hydrogens is 334 g/mol. The van der Waals surface area contributed by atoms with E-state index < -0.39 is 0 Å². The number of ether oxygens (including phenoxy) is 1. The number of fused-ring (bicyclic) bond motifs is 1. The lowest BCUT2D eigenvalue weighted by molar-refractivity contribution is 0.401. The van der Waals surface area contributed by atoms with E-state index in [0.29, 0.717) is 30.7 Å². The molecule has 0 saturated heterocycles. The number of terminal acetylenes is 1. The number of anilines is 1. The third-order valence-electron chi connectivity index (χ3n) is 4.61. The Balaban J connectivity index is 1.92. The average molecular weight is 359 g/mol. The minimum absolute atomic E-state index is 0.511. The second-order valence-corrected chi connectivity index (χ2v) is 6.94. The molecule has 27 heavy (non-hydrogen) atoms. The minimum Gasteiger partial charge on any atom is -0.480 e. The molecule has 138 valence electrons. The molecule has 0 atom stereocenters. The van der Waals surface area contributed by atoms with Crippen LogP contribution < -0.4 is 9.64 Å². The van der Waals surface area contributed by atoms with Crippen molar-refractivity contribution in [1.29, 1.82) is 0 Å². The Labute approximate surface area is 161 Å². The molecule has 0 radical (unpaired) electrons. The van der Waals surface area contributed by atoms with E-state index in [1.807, 2.05) is 13.0 Å². The van der Waals surface area contributed by atoms with Crippen LogP contribution in [0.2, 0.25) is 0 Å². The normalized spacial score (nSPS) is 10.8. The first kappa shape index (κ1) is 18.7. The Hall–Kier alpha value is -3.06. The maximum atomic E-state index is 5.62. The van der Waals surface area contributed by atoms with Gasteiger partial charge in [0.1, 0.15) is 5.82 Å². The summed E-state index contributed by atoms with van der Waals surface area (Å²) in [5, 5.41) is 0.913. The maximum Gasteiger partial charge on any atom is 0.224 e. The van der Waals surface area contributed by atoms with Crippen LogP contribution in [0.4, 0.5) is 5.69 Å². The van der Waals surface area contributed by atoms with E-state index >= 15 is 0 Å². The van der Waals surface area contributed by atoms with E-state index in [9.17, 15) is 0 Å². The summed E-state index contributed by atoms with van der Waals surface area (Å²) in [4.78, 5) is 11.1. The van der Waals surface area contributed by atoms with Crippen molar-refractivity contribution in [3.63, 3.8) is 0 Å². The quantitative estimate of drug-likeness (QED) is 0.598. The molecule has 1 heterocycles. The summed E-state index contributed by atoms with van der Waals surface area (Å²) in [5.41, 5.74) is 4.45. The van der Waals surface area contributed by atoms with Crippen molar-refractivity contribution in [3.8, 4) is 18.2 Å². The highest BCUT2D eigenvalue weighted by Crippen LogP contribution is 2.26. The maximum absolute atomic E-state index is 5.62. The molecule has 0 aliphatic heterocycles. The first-order chi connectivity index (χ1) is 13.0. The molecule has 0 amide bonds. The van der Waals surface area contributed by atoms with Crippen molar-refractivity contribution in [2.75, 3.05) is 18.6 Å². The van der Waals surface area contributed by atoms with Gasteiger partial charge < -0.3 is 9.64 Å². The van der Waals surface area contributed by atoms with Gasteiger partial charge in [-0.25, -0.2) is 4.98 Å². The number of nitrogens with zero attached hydrogens (tertiary/aromatic N) is 3. The van der Waals surface area contributed by atoms with Crippen molar-refractivity contribution in [1.82, 2.24) is 9.97 Å². The largest absolute Gasteiger partial charge is 0.480 e. The van der Waals surface area contributed by atoms with Crippen LogP contribution in [0.3, 0.4) is 0 Å². The zero-order valence-electron chi connectivity index (χ0n) is 16.4. The lowest BCUT2D eigenvalue weighted by Gasteiger charge is -2.23. The number of aromatic nitrogens is 2. The summed E-state index contributed by atoms with van der Waals surface area (Å²) in [7, 11) is 1.63. The molecule has 0 saturated carbocycles. The first-order valence-corrected chi connectivity index (χ1v) is 9.11. The topological polar surface area (TPSA) is 38.2 Å². The zero-order chi connectivity index (χ0) is 19.4. The molecule has 1 aromatic heterocycles. The molecule has 3 aromatic rings. The number of benzene rings is 2. The van der Waals surface area contributed by atoms with Crippen molar-refractivity contribution in [2.24, 2.45) is 0 Å². The van der Waals surface area contributed by atoms with Gasteiger partial charge in [0.05, 0.1) is 24.6 Å². The summed E-state index contributed by atoms with van der Waals surface area (Å²) < 4.78 is 5.44.